The molecule has 1 unspecified atom stereocenters. The molecule has 9 heteroatoms. The molecule has 0 radical (unpaired) electrons. The molecule has 0 spiro atoms. The number of nitriles is 1. The Bertz CT molecular complexity index is 1710. The molecular formula is C48H71N3O6. The van der Waals surface area contributed by atoms with Gasteiger partial charge in [0.1, 0.15) is 11.9 Å². The molecule has 1 heterocycles. The van der Waals surface area contributed by atoms with Gasteiger partial charge in [0.25, 0.3) is 0 Å². The molecular weight excluding hydrogens is 715 g/mol. The van der Waals surface area contributed by atoms with Crippen LogP contribution in [0.1, 0.15) is 135 Å². The third kappa shape index (κ3) is 6.91. The summed E-state index contributed by atoms with van der Waals surface area (Å²) in [5.41, 5.74) is -0.970. The number of fused-ring (bicyclic) bond motifs is 10. The molecule has 1 aromatic heterocycles. The highest BCUT2D eigenvalue weighted by Gasteiger charge is 2.63. The number of carbonyl (C=O) groups is 2. The molecule has 8 aliphatic carbocycles. The molecule has 314 valence electrons. The minimum atomic E-state index is -0.651. The van der Waals surface area contributed by atoms with Gasteiger partial charge in [-0.05, 0) is 195 Å². The SMILES string of the molecule is COC[C@]12CC[C@@H]3[C@H]4CC[C@@](C)(O)C[C@H]4C(COC[C@]45CC[C@H]6[C@@H](CC[C@@H]7C[C@](C)(O)CC[C@@H]76)[C@@H]4CC[C@@H]5C(=O)Cn4cc(C#N)cn4)C[C@H]3[C@@H]1CC[C@@H]2C(C)=O. The second kappa shape index (κ2) is 15.1. The summed E-state index contributed by atoms with van der Waals surface area (Å²) in [6, 6.07) is 2.16. The Hall–Kier alpha value is -2.12. The fraction of sp³-hybridized carbons (Fsp3) is 0.875. The predicted octanol–water partition coefficient (Wildman–Crippen LogP) is 7.80. The van der Waals surface area contributed by atoms with Crippen LogP contribution in [0.15, 0.2) is 12.4 Å². The summed E-state index contributed by atoms with van der Waals surface area (Å²) in [6.45, 7) is 8.05. The van der Waals surface area contributed by atoms with E-state index in [9.17, 15) is 25.1 Å². The summed E-state index contributed by atoms with van der Waals surface area (Å²) in [4.78, 5) is 27.6. The fourth-order valence-electron chi connectivity index (χ4n) is 17.2. The van der Waals surface area contributed by atoms with E-state index in [0.717, 1.165) is 96.3 Å². The van der Waals surface area contributed by atoms with E-state index in [0.29, 0.717) is 96.3 Å². The minimum Gasteiger partial charge on any atom is -0.390 e. The van der Waals surface area contributed by atoms with E-state index in [4.69, 9.17) is 9.47 Å². The first kappa shape index (κ1) is 40.3. The second-order valence-electron chi connectivity index (χ2n) is 22.0. The summed E-state index contributed by atoms with van der Waals surface area (Å²) in [5.74, 6) is 6.61. The highest BCUT2D eigenvalue weighted by molar-refractivity contribution is 5.82. The van der Waals surface area contributed by atoms with Crippen LogP contribution in [0.25, 0.3) is 0 Å². The summed E-state index contributed by atoms with van der Waals surface area (Å²) >= 11 is 0. The molecule has 0 amide bonds. The lowest BCUT2D eigenvalue weighted by Gasteiger charge is -2.59. The second-order valence-corrected chi connectivity index (χ2v) is 22.0. The van der Waals surface area contributed by atoms with Crippen molar-refractivity contribution in [2.24, 2.45) is 87.8 Å². The first-order chi connectivity index (χ1) is 27.3. The Morgan fingerprint density at radius 2 is 1.42 bits per heavy atom. The number of Topliss-reactive ketones (excluding diaryl/α,β-unsaturated/α-hetero) is 2. The summed E-state index contributed by atoms with van der Waals surface area (Å²) < 4.78 is 14.8. The summed E-state index contributed by atoms with van der Waals surface area (Å²) in [5, 5.41) is 36.4. The van der Waals surface area contributed by atoms with Crippen LogP contribution in [-0.4, -0.2) is 69.7 Å². The largest absolute Gasteiger partial charge is 0.390 e. The molecule has 0 aromatic carbocycles. The Balaban J connectivity index is 0.977. The maximum atomic E-state index is 14.5. The first-order valence-corrected chi connectivity index (χ1v) is 23.3. The van der Waals surface area contributed by atoms with Crippen molar-refractivity contribution in [1.82, 2.24) is 9.78 Å². The van der Waals surface area contributed by atoms with Crippen LogP contribution in [0, 0.1) is 99.1 Å². The van der Waals surface area contributed by atoms with Crippen molar-refractivity contribution in [3.63, 3.8) is 0 Å². The van der Waals surface area contributed by atoms with Gasteiger partial charge in [0.05, 0.1) is 42.7 Å². The molecule has 0 saturated heterocycles. The number of hydrogen-bond donors (Lipinski definition) is 2. The monoisotopic (exact) mass is 786 g/mol. The highest BCUT2D eigenvalue weighted by Crippen LogP contribution is 2.67. The van der Waals surface area contributed by atoms with Gasteiger partial charge in [-0.2, -0.15) is 10.4 Å². The van der Waals surface area contributed by atoms with Gasteiger partial charge in [-0.3, -0.25) is 14.3 Å². The lowest BCUT2D eigenvalue weighted by atomic mass is 9.46. The van der Waals surface area contributed by atoms with Gasteiger partial charge >= 0.3 is 0 Å². The van der Waals surface area contributed by atoms with Crippen molar-refractivity contribution in [2.75, 3.05) is 26.9 Å². The number of aliphatic hydroxyl groups is 2. The molecule has 9 nitrogen and oxygen atoms in total. The quantitative estimate of drug-likeness (QED) is 0.246. The lowest BCUT2D eigenvalue weighted by molar-refractivity contribution is -0.161. The van der Waals surface area contributed by atoms with Gasteiger partial charge in [-0.1, -0.05) is 0 Å². The molecule has 9 rings (SSSR count). The number of ether oxygens (including phenoxy) is 2. The van der Waals surface area contributed by atoms with Gasteiger partial charge in [0.2, 0.25) is 0 Å². The number of methoxy groups -OCH3 is 1. The van der Waals surface area contributed by atoms with Crippen LogP contribution in [0.4, 0.5) is 0 Å². The van der Waals surface area contributed by atoms with Crippen LogP contribution >= 0.6 is 0 Å². The van der Waals surface area contributed by atoms with E-state index < -0.39 is 11.2 Å². The van der Waals surface area contributed by atoms with Crippen molar-refractivity contribution in [2.45, 2.75) is 148 Å². The third-order valence-electron chi connectivity index (χ3n) is 19.2. The topological polar surface area (TPSA) is 135 Å². The normalized spacial score (nSPS) is 48.7. The molecule has 57 heavy (non-hydrogen) atoms. The predicted molar refractivity (Wildman–Crippen MR) is 215 cm³/mol. The van der Waals surface area contributed by atoms with Crippen molar-refractivity contribution in [3.05, 3.63) is 18.0 Å². The zero-order valence-corrected chi connectivity index (χ0v) is 35.4. The molecule has 8 fully saturated rings. The Morgan fingerprint density at radius 3 is 2.12 bits per heavy atom. The Kier molecular flexibility index (Phi) is 10.7. The van der Waals surface area contributed by atoms with E-state index in [1.165, 1.54) is 12.8 Å². The number of nitrogens with zero attached hydrogens (tertiary/aromatic N) is 3. The number of hydrogen-bond acceptors (Lipinski definition) is 8. The average molecular weight is 786 g/mol. The van der Waals surface area contributed by atoms with E-state index >= 15 is 0 Å². The van der Waals surface area contributed by atoms with E-state index in [-0.39, 0.29) is 35.0 Å². The molecule has 8 aliphatic rings. The molecule has 0 aliphatic heterocycles. The minimum absolute atomic E-state index is 0.0574. The van der Waals surface area contributed by atoms with Crippen LogP contribution in [0.2, 0.25) is 0 Å². The van der Waals surface area contributed by atoms with Gasteiger partial charge < -0.3 is 19.7 Å². The van der Waals surface area contributed by atoms with Crippen LogP contribution < -0.4 is 0 Å². The molecule has 2 N–H and O–H groups in total. The molecule has 0 bridgehead atoms. The van der Waals surface area contributed by atoms with E-state index in [1.54, 1.807) is 24.0 Å². The van der Waals surface area contributed by atoms with Crippen molar-refractivity contribution in [1.29, 1.82) is 5.26 Å². The molecule has 1 aromatic rings. The zero-order chi connectivity index (χ0) is 39.9. The van der Waals surface area contributed by atoms with Crippen molar-refractivity contribution in [3.8, 4) is 6.07 Å². The highest BCUT2D eigenvalue weighted by atomic mass is 16.5. The molecule has 17 atom stereocenters. The Morgan fingerprint density at radius 1 is 0.789 bits per heavy atom. The van der Waals surface area contributed by atoms with Crippen LogP contribution in [0.5, 0.6) is 0 Å². The van der Waals surface area contributed by atoms with Gasteiger partial charge in [-0.25, -0.2) is 0 Å². The summed E-state index contributed by atoms with van der Waals surface area (Å²) in [7, 11) is 1.81. The van der Waals surface area contributed by atoms with Gasteiger partial charge in [-0.15, -0.1) is 0 Å². The van der Waals surface area contributed by atoms with Gasteiger partial charge in [0.15, 0.2) is 5.78 Å². The maximum absolute atomic E-state index is 14.5. The fourth-order valence-corrected chi connectivity index (χ4v) is 17.2. The number of aromatic nitrogens is 2. The van der Waals surface area contributed by atoms with Crippen molar-refractivity contribution >= 4 is 11.6 Å². The zero-order valence-electron chi connectivity index (χ0n) is 35.4. The van der Waals surface area contributed by atoms with Crippen LogP contribution in [-0.2, 0) is 25.6 Å². The standard InChI is InChI=1S/C48H71N3O6/c1-29(52)40-7-8-42-38-19-32(39-21-46(3,55)16-12-36(39)35(38)14-17-47(40,42)27-56-4)26-57-28-48-18-13-34-33-11-15-45(2,54)20-31(33)5-6-37(34)41(48)9-10-43(48)44(53)25-51-24-30(22-49)23-50-51/h23-24,31-43,54-55H,5-21,25-28H2,1-4H3/t31-,32?,33+,34-,35-,36-,37-,38-,39+,40-,41+,42+,43-,45-,46-,47+,48-/m1/s1. The first-order valence-electron chi connectivity index (χ1n) is 23.3. The van der Waals surface area contributed by atoms with Crippen molar-refractivity contribution < 1.29 is 29.3 Å². The third-order valence-corrected chi connectivity index (χ3v) is 19.2. The van der Waals surface area contributed by atoms with Crippen LogP contribution in [0.3, 0.4) is 0 Å². The van der Waals surface area contributed by atoms with E-state index in [2.05, 4.69) is 11.2 Å². The molecule has 8 saturated carbocycles. The maximum Gasteiger partial charge on any atom is 0.157 e. The Labute approximate surface area is 341 Å². The number of rotatable bonds is 10. The number of ketones is 2. The smallest absolute Gasteiger partial charge is 0.157 e. The lowest BCUT2D eigenvalue weighted by Crippen LogP contribution is -2.56. The average Bonchev–Trinajstić information content (AvgIpc) is 3.90. The van der Waals surface area contributed by atoms with E-state index in [1.807, 2.05) is 21.0 Å². The van der Waals surface area contributed by atoms with Gasteiger partial charge in [0, 0.05) is 42.6 Å². The summed E-state index contributed by atoms with van der Waals surface area (Å²) in [6.07, 6.45) is 20.9. The number of carbonyl (C=O) groups excluding carboxylic acids is 2.